The lowest BCUT2D eigenvalue weighted by atomic mass is 10.3. The van der Waals surface area contributed by atoms with E-state index in [-0.39, 0.29) is 5.82 Å². The predicted molar refractivity (Wildman–Crippen MR) is 69.3 cm³/mol. The lowest BCUT2D eigenvalue weighted by molar-refractivity contribution is 0.188. The van der Waals surface area contributed by atoms with Crippen LogP contribution < -0.4 is 5.73 Å². The molecule has 2 aromatic heterocycles. The zero-order valence-electron chi connectivity index (χ0n) is 10.4. The molecule has 98 valence electrons. The topological polar surface area (TPSA) is 92.0 Å². The summed E-state index contributed by atoms with van der Waals surface area (Å²) < 4.78 is 11.8. The predicted octanol–water partition coefficient (Wildman–Crippen LogP) is 1.31. The third-order valence-electron chi connectivity index (χ3n) is 2.90. The van der Waals surface area contributed by atoms with Gasteiger partial charge in [0, 0.05) is 13.7 Å². The number of nitrogen functional groups attached to an aromatic ring is 1. The Balaban J connectivity index is 2.20. The molecule has 7 nitrogen and oxygen atoms in total. The molecule has 1 aromatic carbocycles. The number of imidazole rings is 1. The van der Waals surface area contributed by atoms with Gasteiger partial charge in [-0.2, -0.15) is 0 Å². The molecule has 0 spiro atoms. The van der Waals surface area contributed by atoms with Crippen molar-refractivity contribution < 1.29 is 9.37 Å². The summed E-state index contributed by atoms with van der Waals surface area (Å²) in [5, 5.41) is 7.41. The molecule has 0 aliphatic carbocycles. The largest absolute Gasteiger partial charge is 0.383 e. The summed E-state index contributed by atoms with van der Waals surface area (Å²) >= 11 is 0. The number of anilines is 1. The summed E-state index contributed by atoms with van der Waals surface area (Å²) in [7, 11) is 1.66. The number of methoxy groups -OCH3 is 1. The van der Waals surface area contributed by atoms with Crippen molar-refractivity contribution in [2.45, 2.75) is 6.54 Å². The van der Waals surface area contributed by atoms with Crippen molar-refractivity contribution in [1.82, 2.24) is 19.9 Å². The average Bonchev–Trinajstić information content (AvgIpc) is 2.99. The standard InChI is InChI=1S/C12H13N5O2/c1-18-7-6-17-9-5-3-2-4-8(9)14-12(17)10-11(13)16-19-15-10/h2-5H,6-7H2,1H3,(H2,13,16). The van der Waals surface area contributed by atoms with Crippen LogP contribution in [-0.4, -0.2) is 33.6 Å². The summed E-state index contributed by atoms with van der Waals surface area (Å²) in [5.41, 5.74) is 8.06. The number of nitrogens with two attached hydrogens (primary N) is 1. The van der Waals surface area contributed by atoms with Gasteiger partial charge < -0.3 is 15.0 Å². The van der Waals surface area contributed by atoms with E-state index >= 15 is 0 Å². The molecule has 7 heteroatoms. The molecule has 0 atom stereocenters. The molecule has 0 fully saturated rings. The van der Waals surface area contributed by atoms with Gasteiger partial charge in [-0.15, -0.1) is 0 Å². The van der Waals surface area contributed by atoms with Gasteiger partial charge in [0.15, 0.2) is 17.3 Å². The first-order valence-corrected chi connectivity index (χ1v) is 5.84. The lowest BCUT2D eigenvalue weighted by Crippen LogP contribution is -2.06. The second-order valence-corrected chi connectivity index (χ2v) is 4.07. The third kappa shape index (κ3) is 1.93. The van der Waals surface area contributed by atoms with Crippen LogP contribution in [0.3, 0.4) is 0 Å². The van der Waals surface area contributed by atoms with E-state index in [1.807, 2.05) is 28.8 Å². The molecular weight excluding hydrogens is 246 g/mol. The minimum absolute atomic E-state index is 0.231. The maximum atomic E-state index is 5.74. The van der Waals surface area contributed by atoms with Crippen LogP contribution in [0, 0.1) is 0 Å². The van der Waals surface area contributed by atoms with Gasteiger partial charge in [0.05, 0.1) is 17.6 Å². The molecule has 0 bridgehead atoms. The summed E-state index contributed by atoms with van der Waals surface area (Å²) in [6, 6.07) is 7.82. The smallest absolute Gasteiger partial charge is 0.199 e. The molecular formula is C12H13N5O2. The second kappa shape index (κ2) is 4.69. The van der Waals surface area contributed by atoms with Crippen molar-refractivity contribution in [3.8, 4) is 11.5 Å². The van der Waals surface area contributed by atoms with Crippen molar-refractivity contribution in [2.24, 2.45) is 0 Å². The van der Waals surface area contributed by atoms with Gasteiger partial charge in [-0.25, -0.2) is 9.61 Å². The van der Waals surface area contributed by atoms with E-state index in [1.165, 1.54) is 0 Å². The monoisotopic (exact) mass is 259 g/mol. The van der Waals surface area contributed by atoms with Crippen LogP contribution >= 0.6 is 0 Å². The summed E-state index contributed by atoms with van der Waals surface area (Å²) in [4.78, 5) is 4.53. The van der Waals surface area contributed by atoms with Crippen molar-refractivity contribution in [2.75, 3.05) is 19.5 Å². The second-order valence-electron chi connectivity index (χ2n) is 4.07. The molecule has 0 aliphatic heterocycles. The Morgan fingerprint density at radius 3 is 2.89 bits per heavy atom. The highest BCUT2D eigenvalue weighted by Gasteiger charge is 2.18. The number of benzene rings is 1. The van der Waals surface area contributed by atoms with E-state index in [0.717, 1.165) is 11.0 Å². The first-order valence-electron chi connectivity index (χ1n) is 5.84. The van der Waals surface area contributed by atoms with Crippen LogP contribution in [0.5, 0.6) is 0 Å². The number of rotatable bonds is 4. The van der Waals surface area contributed by atoms with Crippen LogP contribution in [-0.2, 0) is 11.3 Å². The van der Waals surface area contributed by atoms with Crippen LogP contribution in [0.4, 0.5) is 5.82 Å². The van der Waals surface area contributed by atoms with Gasteiger partial charge in [-0.05, 0) is 22.4 Å². The van der Waals surface area contributed by atoms with Gasteiger partial charge >= 0.3 is 0 Å². The van der Waals surface area contributed by atoms with E-state index in [9.17, 15) is 0 Å². The van der Waals surface area contributed by atoms with E-state index in [0.29, 0.717) is 24.7 Å². The number of ether oxygens (including phenoxy) is 1. The molecule has 0 saturated carbocycles. The van der Waals surface area contributed by atoms with Gasteiger partial charge in [0.1, 0.15) is 0 Å². The zero-order valence-corrected chi connectivity index (χ0v) is 10.4. The normalized spacial score (nSPS) is 11.2. The van der Waals surface area contributed by atoms with Gasteiger partial charge in [0.2, 0.25) is 0 Å². The van der Waals surface area contributed by atoms with Crippen molar-refractivity contribution in [1.29, 1.82) is 0 Å². The average molecular weight is 259 g/mol. The van der Waals surface area contributed by atoms with E-state index in [4.69, 9.17) is 10.5 Å². The Labute approximate surface area is 108 Å². The van der Waals surface area contributed by atoms with Crippen LogP contribution in [0.15, 0.2) is 28.9 Å². The summed E-state index contributed by atoms with van der Waals surface area (Å²) in [6.45, 7) is 1.22. The number of fused-ring (bicyclic) bond motifs is 1. The lowest BCUT2D eigenvalue weighted by Gasteiger charge is -2.06. The SMILES string of the molecule is COCCn1c(-c2nonc2N)nc2ccccc21. The van der Waals surface area contributed by atoms with Crippen molar-refractivity contribution >= 4 is 16.9 Å². The molecule has 0 saturated heterocycles. The van der Waals surface area contributed by atoms with Crippen LogP contribution in [0.1, 0.15) is 0 Å². The Bertz CT molecular complexity index is 703. The summed E-state index contributed by atoms with van der Waals surface area (Å²) in [5.74, 6) is 0.867. The van der Waals surface area contributed by atoms with Crippen molar-refractivity contribution in [3.05, 3.63) is 24.3 Å². The highest BCUT2D eigenvalue weighted by Crippen LogP contribution is 2.26. The highest BCUT2D eigenvalue weighted by molar-refractivity contribution is 5.81. The number of aromatic nitrogens is 4. The fourth-order valence-electron chi connectivity index (χ4n) is 2.02. The molecule has 3 rings (SSSR count). The molecule has 0 amide bonds. The molecule has 0 radical (unpaired) electrons. The molecule has 3 aromatic rings. The van der Waals surface area contributed by atoms with Gasteiger partial charge in [-0.3, -0.25) is 0 Å². The van der Waals surface area contributed by atoms with E-state index in [2.05, 4.69) is 19.9 Å². The number of hydrogen-bond donors (Lipinski definition) is 1. The van der Waals surface area contributed by atoms with Crippen molar-refractivity contribution in [3.63, 3.8) is 0 Å². The Morgan fingerprint density at radius 1 is 1.32 bits per heavy atom. The molecule has 19 heavy (non-hydrogen) atoms. The Morgan fingerprint density at radius 2 is 2.16 bits per heavy atom. The third-order valence-corrected chi connectivity index (χ3v) is 2.90. The fourth-order valence-corrected chi connectivity index (χ4v) is 2.02. The van der Waals surface area contributed by atoms with Crippen LogP contribution in [0.25, 0.3) is 22.6 Å². The van der Waals surface area contributed by atoms with Crippen LogP contribution in [0.2, 0.25) is 0 Å². The quantitative estimate of drug-likeness (QED) is 0.759. The summed E-state index contributed by atoms with van der Waals surface area (Å²) in [6.07, 6.45) is 0. The molecule has 2 heterocycles. The first kappa shape index (κ1) is 11.7. The van der Waals surface area contributed by atoms with Gasteiger partial charge in [-0.1, -0.05) is 12.1 Å². The number of nitrogens with zero attached hydrogens (tertiary/aromatic N) is 4. The van der Waals surface area contributed by atoms with E-state index < -0.39 is 0 Å². The zero-order chi connectivity index (χ0) is 13.2. The maximum absolute atomic E-state index is 5.74. The van der Waals surface area contributed by atoms with Gasteiger partial charge in [0.25, 0.3) is 0 Å². The minimum Gasteiger partial charge on any atom is -0.383 e. The Hall–Kier alpha value is -2.41. The van der Waals surface area contributed by atoms with E-state index in [1.54, 1.807) is 7.11 Å². The highest BCUT2D eigenvalue weighted by atomic mass is 16.6. The minimum atomic E-state index is 0.231. The Kier molecular flexibility index (Phi) is 2.88. The molecule has 2 N–H and O–H groups in total. The number of para-hydroxylation sites is 2. The molecule has 0 aliphatic rings. The first-order chi connectivity index (χ1) is 9.31. The molecule has 0 unspecified atom stereocenters. The number of hydrogen-bond acceptors (Lipinski definition) is 6. The fraction of sp³-hybridized carbons (Fsp3) is 0.250. The maximum Gasteiger partial charge on any atom is 0.199 e.